The van der Waals surface area contributed by atoms with Crippen LogP contribution in [0, 0.1) is 0 Å². The van der Waals surface area contributed by atoms with Crippen molar-refractivity contribution in [2.24, 2.45) is 5.73 Å². The van der Waals surface area contributed by atoms with Crippen LogP contribution in [0.2, 0.25) is 0 Å². The smallest absolute Gasteiger partial charge is 0.224 e. The summed E-state index contributed by atoms with van der Waals surface area (Å²) in [6.07, 6.45) is 2.79. The van der Waals surface area contributed by atoms with Gasteiger partial charge in [0.25, 0.3) is 0 Å². The number of rotatable bonds is 5. The molecule has 1 saturated heterocycles. The largest absolute Gasteiger partial charge is 0.383 e. The molecule has 1 fully saturated rings. The predicted molar refractivity (Wildman–Crippen MR) is 67.2 cm³/mol. The number of hydrogen-bond donors (Lipinski definition) is 2. The molecule has 6 heteroatoms. The highest BCUT2D eigenvalue weighted by atomic mass is 16.5. The molecular weight excluding hydrogens is 218 g/mol. The summed E-state index contributed by atoms with van der Waals surface area (Å²) in [6, 6.07) is 2.18. The van der Waals surface area contributed by atoms with E-state index in [0.717, 1.165) is 25.3 Å². The maximum Gasteiger partial charge on any atom is 0.224 e. The molecular formula is C11H19N5O. The number of hydrogen-bond acceptors (Lipinski definition) is 6. The lowest BCUT2D eigenvalue weighted by atomic mass is 10.3. The topological polar surface area (TPSA) is 76.3 Å². The minimum Gasteiger partial charge on any atom is -0.383 e. The summed E-state index contributed by atoms with van der Waals surface area (Å²) in [5, 5.41) is 3.12. The molecule has 2 rings (SSSR count). The zero-order valence-corrected chi connectivity index (χ0v) is 10.1. The molecule has 17 heavy (non-hydrogen) atoms. The first-order chi connectivity index (χ1) is 8.29. The molecule has 3 N–H and O–H groups in total. The molecule has 0 amide bonds. The Hall–Kier alpha value is -1.40. The number of nitrogens with two attached hydrogens (primary N) is 1. The normalized spacial score (nSPS) is 19.6. The molecule has 1 aliphatic rings. The quantitative estimate of drug-likeness (QED) is 0.706. The van der Waals surface area contributed by atoms with Crippen molar-refractivity contribution in [3.05, 3.63) is 12.3 Å². The Morgan fingerprint density at radius 1 is 1.65 bits per heavy atom. The van der Waals surface area contributed by atoms with E-state index < -0.39 is 0 Å². The number of methoxy groups -OCH3 is 1. The molecule has 6 nitrogen and oxygen atoms in total. The van der Waals surface area contributed by atoms with Crippen LogP contribution in [0.3, 0.4) is 0 Å². The average Bonchev–Trinajstić information content (AvgIpc) is 2.77. The lowest BCUT2D eigenvalue weighted by molar-refractivity contribution is 0.210. The molecule has 1 aromatic heterocycles. The van der Waals surface area contributed by atoms with Crippen LogP contribution >= 0.6 is 0 Å². The van der Waals surface area contributed by atoms with Crippen molar-refractivity contribution >= 4 is 11.8 Å². The Morgan fingerprint density at radius 3 is 3.24 bits per heavy atom. The van der Waals surface area contributed by atoms with Crippen LogP contribution in [0.15, 0.2) is 12.3 Å². The van der Waals surface area contributed by atoms with Gasteiger partial charge >= 0.3 is 0 Å². The maximum absolute atomic E-state index is 5.88. The minimum atomic E-state index is 0.259. The number of aromatic nitrogens is 2. The van der Waals surface area contributed by atoms with E-state index in [-0.39, 0.29) is 6.04 Å². The second kappa shape index (κ2) is 5.79. The van der Waals surface area contributed by atoms with E-state index in [9.17, 15) is 0 Å². The van der Waals surface area contributed by atoms with Gasteiger partial charge in [-0.1, -0.05) is 0 Å². The number of nitrogens with zero attached hydrogens (tertiary/aromatic N) is 3. The third kappa shape index (κ3) is 3.28. The third-order valence-corrected chi connectivity index (χ3v) is 2.78. The SMILES string of the molecule is COCCNc1nccc(N2CC[C@H](N)C2)n1. The highest BCUT2D eigenvalue weighted by Gasteiger charge is 2.20. The molecule has 0 saturated carbocycles. The molecule has 0 radical (unpaired) electrons. The summed E-state index contributed by atoms with van der Waals surface area (Å²) >= 11 is 0. The van der Waals surface area contributed by atoms with Gasteiger partial charge in [-0.15, -0.1) is 0 Å². The monoisotopic (exact) mass is 237 g/mol. The van der Waals surface area contributed by atoms with E-state index in [1.54, 1.807) is 13.3 Å². The highest BCUT2D eigenvalue weighted by molar-refractivity contribution is 5.43. The van der Waals surface area contributed by atoms with Crippen molar-refractivity contribution < 1.29 is 4.74 Å². The molecule has 0 unspecified atom stereocenters. The second-order valence-corrected chi connectivity index (χ2v) is 4.15. The lowest BCUT2D eigenvalue weighted by Gasteiger charge is -2.17. The van der Waals surface area contributed by atoms with Gasteiger partial charge < -0.3 is 20.7 Å². The van der Waals surface area contributed by atoms with Gasteiger partial charge in [0.2, 0.25) is 5.95 Å². The Bertz CT molecular complexity index is 359. The summed E-state index contributed by atoms with van der Waals surface area (Å²) in [7, 11) is 1.67. The van der Waals surface area contributed by atoms with Crippen LogP contribution in [0.25, 0.3) is 0 Å². The van der Waals surface area contributed by atoms with Gasteiger partial charge in [-0.3, -0.25) is 0 Å². The van der Waals surface area contributed by atoms with E-state index in [1.165, 1.54) is 0 Å². The van der Waals surface area contributed by atoms with E-state index >= 15 is 0 Å². The minimum absolute atomic E-state index is 0.259. The molecule has 1 aromatic rings. The molecule has 1 aliphatic heterocycles. The van der Waals surface area contributed by atoms with Crippen LogP contribution < -0.4 is 16.0 Å². The fourth-order valence-electron chi connectivity index (χ4n) is 1.87. The molecule has 0 aromatic carbocycles. The van der Waals surface area contributed by atoms with Crippen LogP contribution in [0.1, 0.15) is 6.42 Å². The van der Waals surface area contributed by atoms with Crippen LogP contribution in [0.5, 0.6) is 0 Å². The standard InChI is InChI=1S/C11H19N5O/c1-17-7-5-14-11-13-4-2-10(15-11)16-6-3-9(12)8-16/h2,4,9H,3,5-8,12H2,1H3,(H,13,14,15)/t9-/m0/s1. The average molecular weight is 237 g/mol. The summed E-state index contributed by atoms with van der Waals surface area (Å²) < 4.78 is 4.96. The van der Waals surface area contributed by atoms with Gasteiger partial charge in [0.05, 0.1) is 6.61 Å². The number of ether oxygens (including phenoxy) is 1. The summed E-state index contributed by atoms with van der Waals surface area (Å²) in [5.41, 5.74) is 5.88. The lowest BCUT2D eigenvalue weighted by Crippen LogP contribution is -2.27. The first-order valence-electron chi connectivity index (χ1n) is 5.86. The molecule has 94 valence electrons. The molecule has 0 spiro atoms. The van der Waals surface area contributed by atoms with E-state index in [4.69, 9.17) is 10.5 Å². The zero-order valence-electron chi connectivity index (χ0n) is 10.1. The maximum atomic E-state index is 5.88. The number of anilines is 2. The van der Waals surface area contributed by atoms with Crippen molar-refractivity contribution in [1.29, 1.82) is 0 Å². The van der Waals surface area contributed by atoms with Crippen molar-refractivity contribution in [3.63, 3.8) is 0 Å². The van der Waals surface area contributed by atoms with Crippen molar-refractivity contribution in [2.45, 2.75) is 12.5 Å². The van der Waals surface area contributed by atoms with Gasteiger partial charge in [-0.05, 0) is 12.5 Å². The first-order valence-corrected chi connectivity index (χ1v) is 5.86. The van der Waals surface area contributed by atoms with Crippen molar-refractivity contribution in [3.8, 4) is 0 Å². The fourth-order valence-corrected chi connectivity index (χ4v) is 1.87. The molecule has 0 aliphatic carbocycles. The van der Waals surface area contributed by atoms with E-state index in [0.29, 0.717) is 19.1 Å². The highest BCUT2D eigenvalue weighted by Crippen LogP contribution is 2.17. The number of nitrogens with one attached hydrogen (secondary N) is 1. The van der Waals surface area contributed by atoms with Crippen LogP contribution in [0.4, 0.5) is 11.8 Å². The van der Waals surface area contributed by atoms with Gasteiger partial charge in [0.15, 0.2) is 0 Å². The Morgan fingerprint density at radius 2 is 2.53 bits per heavy atom. The van der Waals surface area contributed by atoms with Gasteiger partial charge in [-0.25, -0.2) is 4.98 Å². The first kappa shape index (κ1) is 12.1. The Labute approximate surface area is 101 Å². The van der Waals surface area contributed by atoms with Crippen LogP contribution in [-0.2, 0) is 4.74 Å². The second-order valence-electron chi connectivity index (χ2n) is 4.15. The zero-order chi connectivity index (χ0) is 12.1. The molecule has 2 heterocycles. The van der Waals surface area contributed by atoms with Crippen molar-refractivity contribution in [2.75, 3.05) is 43.6 Å². The molecule has 0 bridgehead atoms. The summed E-state index contributed by atoms with van der Waals surface area (Å²) in [6.45, 7) is 3.19. The molecule has 1 atom stereocenters. The summed E-state index contributed by atoms with van der Waals surface area (Å²) in [4.78, 5) is 10.8. The van der Waals surface area contributed by atoms with E-state index in [1.807, 2.05) is 6.07 Å². The van der Waals surface area contributed by atoms with Gasteiger partial charge in [0, 0.05) is 39.0 Å². The van der Waals surface area contributed by atoms with Crippen LogP contribution in [-0.4, -0.2) is 49.4 Å². The van der Waals surface area contributed by atoms with Crippen molar-refractivity contribution in [1.82, 2.24) is 9.97 Å². The fraction of sp³-hybridized carbons (Fsp3) is 0.636. The Kier molecular flexibility index (Phi) is 4.11. The third-order valence-electron chi connectivity index (χ3n) is 2.78. The Balaban J connectivity index is 1.96. The van der Waals surface area contributed by atoms with E-state index in [2.05, 4.69) is 20.2 Å². The summed E-state index contributed by atoms with van der Waals surface area (Å²) in [5.74, 6) is 1.58. The van der Waals surface area contributed by atoms with Gasteiger partial charge in [0.1, 0.15) is 5.82 Å². The predicted octanol–water partition coefficient (Wildman–Crippen LogP) is 0.0723. The van der Waals surface area contributed by atoms with Gasteiger partial charge in [-0.2, -0.15) is 4.98 Å².